The van der Waals surface area contributed by atoms with Crippen LogP contribution in [-0.4, -0.2) is 25.7 Å². The second-order valence-corrected chi connectivity index (χ2v) is 6.26. The number of halogens is 1. The van der Waals surface area contributed by atoms with Gasteiger partial charge in [0.05, 0.1) is 15.5 Å². The number of rotatable bonds is 8. The lowest BCUT2D eigenvalue weighted by Gasteiger charge is -2.12. The highest BCUT2D eigenvalue weighted by Gasteiger charge is 2.23. The van der Waals surface area contributed by atoms with Crippen LogP contribution in [-0.2, 0) is 0 Å². The van der Waals surface area contributed by atoms with Crippen molar-refractivity contribution >= 4 is 46.2 Å². The van der Waals surface area contributed by atoms with Crippen molar-refractivity contribution in [3.8, 4) is 0 Å². The zero-order valence-electron chi connectivity index (χ0n) is 15.4. The van der Waals surface area contributed by atoms with Gasteiger partial charge in [0.2, 0.25) is 11.6 Å². The molecule has 158 valence electrons. The summed E-state index contributed by atoms with van der Waals surface area (Å²) < 4.78 is 0. The molecule has 1 aromatic heterocycles. The number of non-ortho nitro benzene ring substituents is 1. The fourth-order valence-corrected chi connectivity index (χ4v) is 2.54. The predicted molar refractivity (Wildman–Crippen MR) is 112 cm³/mol. The van der Waals surface area contributed by atoms with Crippen LogP contribution in [0, 0.1) is 20.2 Å². The van der Waals surface area contributed by atoms with E-state index in [2.05, 4.69) is 31.7 Å². The zero-order chi connectivity index (χ0) is 22.4. The highest BCUT2D eigenvalue weighted by Crippen LogP contribution is 2.28. The normalized spacial score (nSPS) is 10.1. The molecule has 0 saturated carbocycles. The molecule has 0 aliphatic carbocycles. The Morgan fingerprint density at radius 2 is 1.58 bits per heavy atom. The molecule has 0 unspecified atom stereocenters. The summed E-state index contributed by atoms with van der Waals surface area (Å²) in [6.45, 7) is 0. The minimum atomic E-state index is -0.742. The molecular weight excluding hydrogens is 432 g/mol. The van der Waals surface area contributed by atoms with Crippen molar-refractivity contribution in [2.24, 2.45) is 0 Å². The Kier molecular flexibility index (Phi) is 6.37. The molecule has 0 bridgehead atoms. The van der Waals surface area contributed by atoms with Gasteiger partial charge in [-0.2, -0.15) is 0 Å². The summed E-state index contributed by atoms with van der Waals surface area (Å²) in [4.78, 5) is 40.7. The second kappa shape index (κ2) is 9.32. The number of amides is 1. The van der Waals surface area contributed by atoms with Gasteiger partial charge in [-0.1, -0.05) is 17.7 Å². The molecule has 4 N–H and O–H groups in total. The van der Waals surface area contributed by atoms with E-state index >= 15 is 0 Å². The molecule has 0 fully saturated rings. The van der Waals surface area contributed by atoms with Crippen molar-refractivity contribution < 1.29 is 14.6 Å². The molecule has 0 aliphatic heterocycles. The number of nitro groups is 2. The minimum Gasteiger partial charge on any atom is -0.299 e. The van der Waals surface area contributed by atoms with Crippen molar-refractivity contribution in [3.63, 3.8) is 0 Å². The topological polar surface area (TPSA) is 177 Å². The Balaban J connectivity index is 1.73. The molecule has 0 spiro atoms. The Morgan fingerprint density at radius 1 is 0.903 bits per heavy atom. The van der Waals surface area contributed by atoms with Crippen LogP contribution in [0.25, 0.3) is 0 Å². The van der Waals surface area contributed by atoms with Gasteiger partial charge in [-0.05, 0) is 30.3 Å². The molecule has 14 heteroatoms. The van der Waals surface area contributed by atoms with Crippen LogP contribution in [0.2, 0.25) is 5.02 Å². The van der Waals surface area contributed by atoms with Crippen molar-refractivity contribution in [3.05, 3.63) is 85.7 Å². The average molecular weight is 445 g/mol. The van der Waals surface area contributed by atoms with E-state index in [4.69, 9.17) is 11.6 Å². The first-order valence-corrected chi connectivity index (χ1v) is 8.80. The molecule has 2 aromatic carbocycles. The van der Waals surface area contributed by atoms with E-state index in [1.807, 2.05) is 0 Å². The van der Waals surface area contributed by atoms with Crippen molar-refractivity contribution in [2.75, 3.05) is 16.3 Å². The molecule has 0 radical (unpaired) electrons. The molecule has 3 rings (SSSR count). The third kappa shape index (κ3) is 5.30. The van der Waals surface area contributed by atoms with Crippen molar-refractivity contribution in [1.82, 2.24) is 15.4 Å². The second-order valence-electron chi connectivity index (χ2n) is 5.82. The lowest BCUT2D eigenvalue weighted by Crippen LogP contribution is -2.30. The molecule has 0 saturated heterocycles. The van der Waals surface area contributed by atoms with Crippen molar-refractivity contribution in [1.29, 1.82) is 0 Å². The largest absolute Gasteiger partial charge is 0.356 e. The Labute approximate surface area is 178 Å². The number of hydrazine groups is 2. The Morgan fingerprint density at radius 3 is 2.19 bits per heavy atom. The molecular formula is C17H13ClN8O5. The van der Waals surface area contributed by atoms with Crippen LogP contribution >= 0.6 is 11.6 Å². The van der Waals surface area contributed by atoms with E-state index in [1.54, 1.807) is 12.1 Å². The van der Waals surface area contributed by atoms with Crippen LogP contribution < -0.4 is 21.7 Å². The van der Waals surface area contributed by atoms with E-state index in [9.17, 15) is 25.0 Å². The molecule has 0 aliphatic rings. The third-order valence-corrected chi connectivity index (χ3v) is 4.02. The van der Waals surface area contributed by atoms with Crippen molar-refractivity contribution in [2.45, 2.75) is 0 Å². The molecule has 3 aromatic rings. The van der Waals surface area contributed by atoms with Crippen LogP contribution in [0.1, 0.15) is 10.4 Å². The molecule has 13 nitrogen and oxygen atoms in total. The summed E-state index contributed by atoms with van der Waals surface area (Å²) in [7, 11) is 0. The quantitative estimate of drug-likeness (QED) is 0.298. The summed E-state index contributed by atoms with van der Waals surface area (Å²) in [6, 6.07) is 11.4. The maximum Gasteiger partial charge on any atom is 0.356 e. The maximum absolute atomic E-state index is 12.2. The summed E-state index contributed by atoms with van der Waals surface area (Å²) in [6.07, 6.45) is 1.04. The van der Waals surface area contributed by atoms with E-state index in [1.165, 1.54) is 36.4 Å². The van der Waals surface area contributed by atoms with Gasteiger partial charge in [0.15, 0.2) is 0 Å². The smallest absolute Gasteiger partial charge is 0.299 e. The number of aromatic nitrogens is 2. The van der Waals surface area contributed by atoms with E-state index in [0.29, 0.717) is 10.7 Å². The maximum atomic E-state index is 12.2. The minimum absolute atomic E-state index is 0.111. The molecule has 1 heterocycles. The molecule has 0 atom stereocenters. The van der Waals surface area contributed by atoms with Gasteiger partial charge in [-0.15, -0.1) is 0 Å². The first-order chi connectivity index (χ1) is 14.8. The fourth-order valence-electron chi connectivity index (χ4n) is 2.35. The lowest BCUT2D eigenvalue weighted by atomic mass is 10.2. The van der Waals surface area contributed by atoms with Crippen LogP contribution in [0.4, 0.5) is 28.7 Å². The first-order valence-electron chi connectivity index (χ1n) is 8.43. The fraction of sp³-hybridized carbons (Fsp3) is 0. The number of hydrogen-bond donors (Lipinski definition) is 4. The van der Waals surface area contributed by atoms with E-state index in [0.717, 1.165) is 6.33 Å². The molecule has 1 amide bonds. The number of carbonyl (C=O) groups is 1. The van der Waals surface area contributed by atoms with Gasteiger partial charge < -0.3 is 0 Å². The zero-order valence-corrected chi connectivity index (χ0v) is 16.2. The number of anilines is 3. The SMILES string of the molecule is O=C(NNc1ncnc(NNc2ccc([N+](=O)[O-])cc2)c1[N+](=O)[O-])c1cccc(Cl)c1. The Bertz CT molecular complexity index is 1140. The van der Waals surface area contributed by atoms with Gasteiger partial charge in [0.25, 0.3) is 11.6 Å². The summed E-state index contributed by atoms with van der Waals surface area (Å²) in [5.41, 5.74) is 9.85. The predicted octanol–water partition coefficient (Wildman–Crippen LogP) is 3.14. The van der Waals surface area contributed by atoms with E-state index in [-0.39, 0.29) is 22.9 Å². The van der Waals surface area contributed by atoms with Gasteiger partial charge in [-0.3, -0.25) is 46.7 Å². The number of hydrogen-bond acceptors (Lipinski definition) is 10. The standard InChI is InChI=1S/C17H13ClN8O5/c18-11-3-1-2-10(8-11)17(27)24-23-16-14(26(30)31)15(19-9-20-16)22-21-12-4-6-13(7-5-12)25(28)29/h1-9,21H,(H,24,27)(H2,19,20,22,23). The summed E-state index contributed by atoms with van der Waals surface area (Å²) in [5, 5.41) is 22.6. The number of carbonyl (C=O) groups excluding carboxylic acids is 1. The van der Waals surface area contributed by atoms with Crippen LogP contribution in [0.3, 0.4) is 0 Å². The van der Waals surface area contributed by atoms with Gasteiger partial charge >= 0.3 is 5.69 Å². The highest BCUT2D eigenvalue weighted by atomic mass is 35.5. The number of nitrogens with one attached hydrogen (secondary N) is 4. The van der Waals surface area contributed by atoms with Gasteiger partial charge in [-0.25, -0.2) is 9.97 Å². The number of benzene rings is 2. The van der Waals surface area contributed by atoms with Crippen LogP contribution in [0.15, 0.2) is 54.9 Å². The first kappa shape index (κ1) is 21.2. The summed E-state index contributed by atoms with van der Waals surface area (Å²) >= 11 is 5.84. The Hall–Kier alpha value is -4.52. The van der Waals surface area contributed by atoms with Crippen LogP contribution in [0.5, 0.6) is 0 Å². The lowest BCUT2D eigenvalue weighted by molar-refractivity contribution is -0.384. The monoisotopic (exact) mass is 444 g/mol. The highest BCUT2D eigenvalue weighted by molar-refractivity contribution is 6.30. The average Bonchev–Trinajstić information content (AvgIpc) is 2.76. The third-order valence-electron chi connectivity index (χ3n) is 3.79. The van der Waals surface area contributed by atoms with Gasteiger partial charge in [0.1, 0.15) is 6.33 Å². The van der Waals surface area contributed by atoms with E-state index < -0.39 is 21.4 Å². The van der Waals surface area contributed by atoms with Gasteiger partial charge in [0, 0.05) is 22.7 Å². The number of nitro benzene ring substituents is 1. The number of nitrogens with zero attached hydrogens (tertiary/aromatic N) is 4. The summed E-state index contributed by atoms with van der Waals surface area (Å²) in [5.74, 6) is -1.07. The molecule has 31 heavy (non-hydrogen) atoms.